The van der Waals surface area contributed by atoms with Crippen LogP contribution in [0.4, 0.5) is 0 Å². The normalized spacial score (nSPS) is 18.5. The molecule has 4 rings (SSSR count). The van der Waals surface area contributed by atoms with Crippen molar-refractivity contribution in [3.63, 3.8) is 0 Å². The molecule has 0 spiro atoms. The first kappa shape index (κ1) is 18.7. The fraction of sp³-hybridized carbons (Fsp3) is 0.500. The minimum absolute atomic E-state index is 0.125. The smallest absolute Gasteiger partial charge is 0.261 e. The Labute approximate surface area is 166 Å². The molecular formula is C22H29N3OS. The van der Waals surface area contributed by atoms with Crippen molar-refractivity contribution < 1.29 is 4.79 Å². The van der Waals surface area contributed by atoms with Crippen LogP contribution in [0.3, 0.4) is 0 Å². The van der Waals surface area contributed by atoms with Gasteiger partial charge in [0.2, 0.25) is 0 Å². The highest BCUT2D eigenvalue weighted by atomic mass is 32.1. The first-order valence-electron chi connectivity index (χ1n) is 10.1. The molecule has 4 nitrogen and oxygen atoms in total. The summed E-state index contributed by atoms with van der Waals surface area (Å²) >= 11 is 1.58. The quantitative estimate of drug-likeness (QED) is 0.708. The Balaban J connectivity index is 1.12. The van der Waals surface area contributed by atoms with E-state index < -0.39 is 0 Å². The minimum atomic E-state index is 0.125. The lowest BCUT2D eigenvalue weighted by molar-refractivity contribution is 0.0950. The molecule has 2 heterocycles. The van der Waals surface area contributed by atoms with Gasteiger partial charge in [-0.1, -0.05) is 30.3 Å². The van der Waals surface area contributed by atoms with Gasteiger partial charge in [0.15, 0.2) is 0 Å². The van der Waals surface area contributed by atoms with E-state index in [0.717, 1.165) is 57.1 Å². The number of benzene rings is 1. The maximum absolute atomic E-state index is 12.4. The summed E-state index contributed by atoms with van der Waals surface area (Å²) < 4.78 is 0. The van der Waals surface area contributed by atoms with Crippen LogP contribution in [0.25, 0.3) is 0 Å². The third-order valence-corrected chi connectivity index (χ3v) is 6.50. The molecule has 5 heteroatoms. The lowest BCUT2D eigenvalue weighted by Gasteiger charge is -2.34. The second kappa shape index (κ2) is 9.00. The van der Waals surface area contributed by atoms with Crippen LogP contribution in [0.5, 0.6) is 0 Å². The van der Waals surface area contributed by atoms with E-state index in [2.05, 4.69) is 56.9 Å². The molecule has 2 aromatic rings. The van der Waals surface area contributed by atoms with Gasteiger partial charge in [-0.3, -0.25) is 9.69 Å². The average molecular weight is 384 g/mol. The van der Waals surface area contributed by atoms with Gasteiger partial charge < -0.3 is 10.2 Å². The molecule has 1 aromatic carbocycles. The summed E-state index contributed by atoms with van der Waals surface area (Å²) in [4.78, 5) is 18.4. The summed E-state index contributed by atoms with van der Waals surface area (Å²) in [6.45, 7) is 7.39. The van der Waals surface area contributed by atoms with E-state index in [1.807, 2.05) is 0 Å². The van der Waals surface area contributed by atoms with E-state index in [1.165, 1.54) is 24.0 Å². The van der Waals surface area contributed by atoms with Crippen molar-refractivity contribution in [1.82, 2.24) is 15.1 Å². The predicted octanol–water partition coefficient (Wildman–Crippen LogP) is 3.56. The van der Waals surface area contributed by atoms with Crippen molar-refractivity contribution in [2.45, 2.75) is 31.7 Å². The van der Waals surface area contributed by atoms with Crippen molar-refractivity contribution in [3.8, 4) is 0 Å². The molecule has 1 N–H and O–H groups in total. The van der Waals surface area contributed by atoms with Gasteiger partial charge in [0.1, 0.15) is 0 Å². The van der Waals surface area contributed by atoms with Gasteiger partial charge in [0.05, 0.1) is 4.88 Å². The second-order valence-electron chi connectivity index (χ2n) is 7.69. The maximum atomic E-state index is 12.4. The zero-order chi connectivity index (χ0) is 18.5. The largest absolute Gasteiger partial charge is 0.351 e. The number of thiophene rings is 1. The molecule has 1 aliphatic heterocycles. The number of carbonyl (C=O) groups is 1. The van der Waals surface area contributed by atoms with E-state index in [0.29, 0.717) is 5.92 Å². The van der Waals surface area contributed by atoms with Crippen LogP contribution < -0.4 is 5.32 Å². The number of nitrogens with zero attached hydrogens (tertiary/aromatic N) is 2. The molecule has 1 amide bonds. The molecule has 1 saturated carbocycles. The van der Waals surface area contributed by atoms with E-state index in [9.17, 15) is 4.79 Å². The second-order valence-corrected chi connectivity index (χ2v) is 8.61. The van der Waals surface area contributed by atoms with E-state index in [-0.39, 0.29) is 5.91 Å². The maximum Gasteiger partial charge on any atom is 0.261 e. The average Bonchev–Trinajstić information content (AvgIpc) is 3.43. The Morgan fingerprint density at radius 2 is 1.78 bits per heavy atom. The van der Waals surface area contributed by atoms with Gasteiger partial charge in [-0.05, 0) is 54.3 Å². The minimum Gasteiger partial charge on any atom is -0.351 e. The lowest BCUT2D eigenvalue weighted by Crippen LogP contribution is -2.46. The van der Waals surface area contributed by atoms with Gasteiger partial charge in [0, 0.05) is 39.3 Å². The predicted molar refractivity (Wildman–Crippen MR) is 111 cm³/mol. The van der Waals surface area contributed by atoms with Crippen molar-refractivity contribution >= 4 is 17.2 Å². The molecule has 0 unspecified atom stereocenters. The molecule has 0 bridgehead atoms. The molecule has 2 fully saturated rings. The first-order chi connectivity index (χ1) is 13.3. The summed E-state index contributed by atoms with van der Waals surface area (Å²) in [7, 11) is 0. The highest BCUT2D eigenvalue weighted by Gasteiger charge is 2.28. The molecule has 144 valence electrons. The van der Waals surface area contributed by atoms with E-state index >= 15 is 0 Å². The van der Waals surface area contributed by atoms with Gasteiger partial charge in [-0.2, -0.15) is 0 Å². The lowest BCUT2D eigenvalue weighted by atomic mass is 10.1. The van der Waals surface area contributed by atoms with Crippen molar-refractivity contribution in [2.75, 3.05) is 39.3 Å². The number of rotatable bonds is 8. The van der Waals surface area contributed by atoms with Gasteiger partial charge in [-0.15, -0.1) is 11.3 Å². The molecule has 0 radical (unpaired) electrons. The van der Waals surface area contributed by atoms with Gasteiger partial charge >= 0.3 is 0 Å². The molecule has 2 aliphatic rings. The Morgan fingerprint density at radius 3 is 2.52 bits per heavy atom. The van der Waals surface area contributed by atoms with Crippen LogP contribution in [-0.2, 0) is 6.54 Å². The molecule has 27 heavy (non-hydrogen) atoms. The highest BCUT2D eigenvalue weighted by Crippen LogP contribution is 2.43. The zero-order valence-corrected chi connectivity index (χ0v) is 16.7. The van der Waals surface area contributed by atoms with E-state index in [1.54, 1.807) is 11.3 Å². The SMILES string of the molecule is O=C(NCCCN1CCN(Cc2ccccc2)CC1)c1sccc1C1CC1. The summed E-state index contributed by atoms with van der Waals surface area (Å²) in [5.41, 5.74) is 2.67. The third-order valence-electron chi connectivity index (χ3n) is 5.57. The van der Waals surface area contributed by atoms with Crippen molar-refractivity contribution in [2.24, 2.45) is 0 Å². The van der Waals surface area contributed by atoms with Crippen LogP contribution in [0.2, 0.25) is 0 Å². The number of hydrogen-bond donors (Lipinski definition) is 1. The van der Waals surface area contributed by atoms with Gasteiger partial charge in [-0.25, -0.2) is 0 Å². The number of nitrogens with one attached hydrogen (secondary N) is 1. The summed E-state index contributed by atoms with van der Waals surface area (Å²) in [6, 6.07) is 12.8. The molecule has 1 saturated heterocycles. The first-order valence-corrected chi connectivity index (χ1v) is 11.0. The van der Waals surface area contributed by atoms with Crippen LogP contribution in [-0.4, -0.2) is 55.0 Å². The monoisotopic (exact) mass is 383 g/mol. The Hall–Kier alpha value is -1.69. The fourth-order valence-electron chi connectivity index (χ4n) is 3.82. The summed E-state index contributed by atoms with van der Waals surface area (Å²) in [6.07, 6.45) is 3.51. The summed E-state index contributed by atoms with van der Waals surface area (Å²) in [5.74, 6) is 0.767. The Morgan fingerprint density at radius 1 is 1.04 bits per heavy atom. The van der Waals surface area contributed by atoms with E-state index in [4.69, 9.17) is 0 Å². The highest BCUT2D eigenvalue weighted by molar-refractivity contribution is 7.12. The van der Waals surface area contributed by atoms with Crippen LogP contribution in [0.1, 0.15) is 46.0 Å². The third kappa shape index (κ3) is 5.18. The van der Waals surface area contributed by atoms with Crippen LogP contribution in [0, 0.1) is 0 Å². The topological polar surface area (TPSA) is 35.6 Å². The molecule has 1 aromatic heterocycles. The summed E-state index contributed by atoms with van der Waals surface area (Å²) in [5, 5.41) is 5.18. The van der Waals surface area contributed by atoms with Gasteiger partial charge in [0.25, 0.3) is 5.91 Å². The number of carbonyl (C=O) groups excluding carboxylic acids is 1. The Bertz CT molecular complexity index is 733. The van der Waals surface area contributed by atoms with Crippen molar-refractivity contribution in [3.05, 3.63) is 57.8 Å². The number of amides is 1. The van der Waals surface area contributed by atoms with Crippen molar-refractivity contribution in [1.29, 1.82) is 0 Å². The molecule has 0 atom stereocenters. The Kier molecular flexibility index (Phi) is 6.22. The molecular weight excluding hydrogens is 354 g/mol. The molecule has 1 aliphatic carbocycles. The fourth-order valence-corrected chi connectivity index (χ4v) is 4.72. The van der Waals surface area contributed by atoms with Crippen LogP contribution >= 0.6 is 11.3 Å². The zero-order valence-electron chi connectivity index (χ0n) is 15.9. The van der Waals surface area contributed by atoms with Crippen LogP contribution in [0.15, 0.2) is 41.8 Å². The number of piperazine rings is 1. The number of hydrogen-bond acceptors (Lipinski definition) is 4. The standard InChI is InChI=1S/C22H29N3OS/c26-22(21-20(9-16-27-21)19-7-8-19)23-10-4-11-24-12-14-25(15-13-24)17-18-5-2-1-3-6-18/h1-3,5-6,9,16,19H,4,7-8,10-15,17H2,(H,23,26).